The Bertz CT molecular complexity index is 1900. The van der Waals surface area contributed by atoms with Crippen molar-refractivity contribution in [2.45, 2.75) is 19.9 Å². The number of ether oxygens (including phenoxy) is 2. The van der Waals surface area contributed by atoms with Crippen molar-refractivity contribution in [3.8, 4) is 17.1 Å². The molecule has 0 unspecified atom stereocenters. The molecular weight excluding hydrogens is 558 g/mol. The number of aromatic nitrogens is 1. The van der Waals surface area contributed by atoms with Crippen LogP contribution in [0.4, 0.5) is 5.69 Å². The zero-order chi connectivity index (χ0) is 28.7. The molecule has 1 aliphatic heterocycles. The van der Waals surface area contributed by atoms with Crippen molar-refractivity contribution in [1.29, 1.82) is 0 Å². The van der Waals surface area contributed by atoms with Crippen molar-refractivity contribution in [1.82, 2.24) is 4.57 Å². The fraction of sp³-hybridized carbons (Fsp3) is 0.179. The highest BCUT2D eigenvalue weighted by atomic mass is 35.5. The normalized spacial score (nSPS) is 15.0. The number of thiazole rings is 1. The van der Waals surface area contributed by atoms with Crippen LogP contribution in [0.25, 0.3) is 17.4 Å². The first-order valence-corrected chi connectivity index (χ1v) is 13.1. The molecule has 10 nitrogen and oxygen atoms in total. The molecule has 1 aliphatic rings. The molecule has 0 spiro atoms. The van der Waals surface area contributed by atoms with E-state index in [0.29, 0.717) is 54.0 Å². The number of furan rings is 1. The van der Waals surface area contributed by atoms with Crippen molar-refractivity contribution in [2.24, 2.45) is 4.99 Å². The quantitative estimate of drug-likeness (QED) is 0.186. The second kappa shape index (κ2) is 10.6. The van der Waals surface area contributed by atoms with Gasteiger partial charge in [0.1, 0.15) is 23.3 Å². The standard InChI is InChI=1S/C28H22ClN3O7S/c1-14-11-17(32(35)36)6-8-19(14)22-10-7-18(39-22)13-23-26(33)31-25(20-12-16(29)5-9-21(20)37-3)24(27(34)38-4)15(2)30-28(31)40-23/h5-13,25H,1-4H3/b23-13-/t25-/m0/s1. The van der Waals surface area contributed by atoms with Crippen LogP contribution in [0.5, 0.6) is 5.75 Å². The van der Waals surface area contributed by atoms with Crippen LogP contribution in [0, 0.1) is 17.0 Å². The predicted molar refractivity (Wildman–Crippen MR) is 149 cm³/mol. The Morgan fingerprint density at radius 3 is 2.62 bits per heavy atom. The van der Waals surface area contributed by atoms with E-state index < -0.39 is 22.5 Å². The molecule has 5 rings (SSSR count). The first-order valence-electron chi connectivity index (χ1n) is 11.9. The van der Waals surface area contributed by atoms with Gasteiger partial charge in [-0.05, 0) is 55.8 Å². The molecule has 0 radical (unpaired) electrons. The number of benzene rings is 2. The number of carbonyl (C=O) groups excluding carboxylic acids is 1. The number of allylic oxidation sites excluding steroid dienone is 1. The first-order chi connectivity index (χ1) is 19.1. The lowest BCUT2D eigenvalue weighted by atomic mass is 9.95. The molecule has 0 N–H and O–H groups in total. The summed E-state index contributed by atoms with van der Waals surface area (Å²) in [6.45, 7) is 3.44. The van der Waals surface area contributed by atoms with Gasteiger partial charge in [0.15, 0.2) is 4.80 Å². The number of halogens is 1. The smallest absolute Gasteiger partial charge is 0.338 e. The maximum atomic E-state index is 13.8. The second-order valence-corrected chi connectivity index (χ2v) is 10.4. The van der Waals surface area contributed by atoms with Gasteiger partial charge < -0.3 is 13.9 Å². The van der Waals surface area contributed by atoms with Gasteiger partial charge in [0.05, 0.1) is 34.9 Å². The third-order valence-corrected chi connectivity index (χ3v) is 7.72. The topological polar surface area (TPSA) is 126 Å². The number of methoxy groups -OCH3 is 2. The average molecular weight is 580 g/mol. The molecule has 0 amide bonds. The minimum atomic E-state index is -0.894. The van der Waals surface area contributed by atoms with E-state index in [1.54, 1.807) is 56.3 Å². The van der Waals surface area contributed by atoms with Crippen molar-refractivity contribution in [2.75, 3.05) is 14.2 Å². The Hall–Kier alpha value is -4.48. The maximum absolute atomic E-state index is 13.8. The number of fused-ring (bicyclic) bond motifs is 1. The van der Waals surface area contributed by atoms with Crippen molar-refractivity contribution in [3.63, 3.8) is 0 Å². The lowest BCUT2D eigenvalue weighted by Crippen LogP contribution is -2.40. The number of hydrogen-bond acceptors (Lipinski definition) is 9. The van der Waals surface area contributed by atoms with Crippen LogP contribution in [-0.2, 0) is 9.53 Å². The number of hydrogen-bond donors (Lipinski definition) is 0. The highest BCUT2D eigenvalue weighted by Gasteiger charge is 2.35. The molecular formula is C28H22ClN3O7S. The summed E-state index contributed by atoms with van der Waals surface area (Å²) in [5.41, 5.74) is 2.06. The third kappa shape index (κ3) is 4.74. The molecule has 4 aromatic rings. The van der Waals surface area contributed by atoms with Gasteiger partial charge in [0, 0.05) is 34.4 Å². The average Bonchev–Trinajstić information content (AvgIpc) is 3.51. The van der Waals surface area contributed by atoms with Gasteiger partial charge in [0.2, 0.25) is 0 Å². The number of aryl methyl sites for hydroxylation is 1. The van der Waals surface area contributed by atoms with Crippen molar-refractivity contribution < 1.29 is 23.6 Å². The van der Waals surface area contributed by atoms with Crippen molar-refractivity contribution in [3.05, 3.63) is 112 Å². The number of rotatable bonds is 6. The van der Waals surface area contributed by atoms with Gasteiger partial charge in [-0.25, -0.2) is 9.79 Å². The summed E-state index contributed by atoms with van der Waals surface area (Å²) >= 11 is 7.45. The molecule has 3 heterocycles. The maximum Gasteiger partial charge on any atom is 0.338 e. The molecule has 2 aromatic carbocycles. The lowest BCUT2D eigenvalue weighted by molar-refractivity contribution is -0.384. The monoisotopic (exact) mass is 579 g/mol. The summed E-state index contributed by atoms with van der Waals surface area (Å²) in [4.78, 5) is 42.3. The van der Waals surface area contributed by atoms with Crippen LogP contribution < -0.4 is 19.6 Å². The van der Waals surface area contributed by atoms with E-state index in [0.717, 1.165) is 11.3 Å². The van der Waals surface area contributed by atoms with Crippen LogP contribution in [-0.4, -0.2) is 29.7 Å². The number of nitro benzene ring substituents is 1. The molecule has 0 bridgehead atoms. The summed E-state index contributed by atoms with van der Waals surface area (Å²) in [6, 6.07) is 12.0. The molecule has 1 atom stereocenters. The van der Waals surface area contributed by atoms with E-state index in [-0.39, 0.29) is 11.3 Å². The first kappa shape index (κ1) is 27.1. The molecule has 40 heavy (non-hydrogen) atoms. The van der Waals surface area contributed by atoms with Gasteiger partial charge in [-0.1, -0.05) is 22.9 Å². The minimum absolute atomic E-state index is 0.0124. The Morgan fingerprint density at radius 1 is 1.18 bits per heavy atom. The summed E-state index contributed by atoms with van der Waals surface area (Å²) in [6.07, 6.45) is 1.59. The van der Waals surface area contributed by atoms with Gasteiger partial charge in [-0.15, -0.1) is 0 Å². The largest absolute Gasteiger partial charge is 0.496 e. The van der Waals surface area contributed by atoms with E-state index in [1.165, 1.54) is 30.9 Å². The van der Waals surface area contributed by atoms with E-state index in [1.807, 2.05) is 0 Å². The zero-order valence-corrected chi connectivity index (χ0v) is 23.3. The summed E-state index contributed by atoms with van der Waals surface area (Å²) in [5, 5.41) is 11.5. The Balaban J connectivity index is 1.65. The Morgan fingerprint density at radius 2 is 1.95 bits per heavy atom. The number of nitrogens with zero attached hydrogens (tertiary/aromatic N) is 3. The summed E-state index contributed by atoms with van der Waals surface area (Å²) in [5.74, 6) is 0.710. The summed E-state index contributed by atoms with van der Waals surface area (Å²) in [7, 11) is 2.76. The van der Waals surface area contributed by atoms with E-state index >= 15 is 0 Å². The highest BCUT2D eigenvalue weighted by molar-refractivity contribution is 7.07. The zero-order valence-electron chi connectivity index (χ0n) is 21.8. The fourth-order valence-corrected chi connectivity index (χ4v) is 5.86. The fourth-order valence-electron chi connectivity index (χ4n) is 4.65. The minimum Gasteiger partial charge on any atom is -0.496 e. The van der Waals surface area contributed by atoms with Gasteiger partial charge in [-0.2, -0.15) is 0 Å². The lowest BCUT2D eigenvalue weighted by Gasteiger charge is -2.25. The second-order valence-electron chi connectivity index (χ2n) is 8.92. The van der Waals surface area contributed by atoms with Crippen LogP contribution in [0.2, 0.25) is 5.02 Å². The van der Waals surface area contributed by atoms with Crippen LogP contribution in [0.3, 0.4) is 0 Å². The van der Waals surface area contributed by atoms with E-state index in [9.17, 15) is 19.7 Å². The van der Waals surface area contributed by atoms with Gasteiger partial charge in [0.25, 0.3) is 11.2 Å². The van der Waals surface area contributed by atoms with Crippen molar-refractivity contribution >= 4 is 40.7 Å². The van der Waals surface area contributed by atoms with Crippen LogP contribution in [0.1, 0.15) is 29.9 Å². The van der Waals surface area contributed by atoms with Crippen LogP contribution in [0.15, 0.2) is 74.0 Å². The Kier molecular flexibility index (Phi) is 7.17. The molecule has 12 heteroatoms. The molecule has 2 aromatic heterocycles. The third-order valence-electron chi connectivity index (χ3n) is 6.50. The SMILES string of the molecule is COC(=O)C1=C(C)N=c2s/c(=C\c3ccc(-c4ccc([N+](=O)[O-])cc4C)o3)c(=O)n2[C@H]1c1cc(Cl)ccc1OC. The molecule has 0 aliphatic carbocycles. The predicted octanol–water partition coefficient (Wildman–Crippen LogP) is 4.55. The van der Waals surface area contributed by atoms with E-state index in [2.05, 4.69) is 4.99 Å². The molecule has 204 valence electrons. The van der Waals surface area contributed by atoms with E-state index in [4.69, 9.17) is 25.5 Å². The molecule has 0 saturated carbocycles. The number of carbonyl (C=O) groups is 1. The highest BCUT2D eigenvalue weighted by Crippen LogP contribution is 2.37. The van der Waals surface area contributed by atoms with Gasteiger partial charge >= 0.3 is 5.97 Å². The van der Waals surface area contributed by atoms with Gasteiger partial charge in [-0.3, -0.25) is 19.5 Å². The number of nitro groups is 1. The van der Waals surface area contributed by atoms with Crippen LogP contribution >= 0.6 is 22.9 Å². The number of non-ortho nitro benzene ring substituents is 1. The summed E-state index contributed by atoms with van der Waals surface area (Å²) < 4.78 is 18.3. The molecule has 0 saturated heterocycles. The molecule has 0 fully saturated rings. The Labute approximate surface area is 236 Å². The number of esters is 1.